The van der Waals surface area contributed by atoms with Crippen molar-refractivity contribution in [2.75, 3.05) is 7.11 Å². The first kappa shape index (κ1) is 12.2. The lowest BCUT2D eigenvalue weighted by molar-refractivity contribution is 0.0696. The van der Waals surface area contributed by atoms with Crippen molar-refractivity contribution in [1.29, 1.82) is 0 Å². The number of hydrogen-bond donors (Lipinski definition) is 4. The van der Waals surface area contributed by atoms with E-state index in [1.807, 2.05) is 0 Å². The minimum absolute atomic E-state index is 0.0671. The summed E-state index contributed by atoms with van der Waals surface area (Å²) < 4.78 is 4.72. The van der Waals surface area contributed by atoms with E-state index in [-0.39, 0.29) is 17.1 Å². The molecule has 6 nitrogen and oxygen atoms in total. The maximum Gasteiger partial charge on any atom is 0.335 e. The zero-order chi connectivity index (χ0) is 11.1. The molecule has 0 aromatic heterocycles. The molecule has 0 bridgehead atoms. The number of rotatable bonds is 2. The molecule has 0 aliphatic carbocycles. The molecule has 0 aliphatic rings. The van der Waals surface area contributed by atoms with Crippen molar-refractivity contribution < 1.29 is 19.7 Å². The number of ether oxygens (including phenoxy) is 1. The van der Waals surface area contributed by atoms with Gasteiger partial charge < -0.3 is 14.9 Å². The molecule has 0 unspecified atom stereocenters. The smallest absolute Gasteiger partial charge is 0.335 e. The van der Waals surface area contributed by atoms with Crippen LogP contribution in [-0.2, 0) is 0 Å². The predicted molar refractivity (Wildman–Crippen MR) is 50.0 cm³/mol. The molecule has 1 aromatic rings. The quantitative estimate of drug-likeness (QED) is 0.391. The van der Waals surface area contributed by atoms with Crippen LogP contribution in [0.25, 0.3) is 0 Å². The van der Waals surface area contributed by atoms with Gasteiger partial charge in [-0.05, 0) is 18.2 Å². The van der Waals surface area contributed by atoms with Crippen molar-refractivity contribution in [2.45, 2.75) is 0 Å². The van der Waals surface area contributed by atoms with Crippen LogP contribution in [0.15, 0.2) is 18.2 Å². The molecule has 1 rings (SSSR count). The molecule has 0 aliphatic heterocycles. The molecule has 0 heterocycles. The third-order valence-corrected chi connectivity index (χ3v) is 1.43. The van der Waals surface area contributed by atoms with Crippen molar-refractivity contribution in [3.8, 4) is 11.5 Å². The highest BCUT2D eigenvalue weighted by molar-refractivity contribution is 5.88. The van der Waals surface area contributed by atoms with Gasteiger partial charge in [0.2, 0.25) is 0 Å². The van der Waals surface area contributed by atoms with Crippen LogP contribution in [0.2, 0.25) is 0 Å². The summed E-state index contributed by atoms with van der Waals surface area (Å²) in [4.78, 5) is 10.4. The standard InChI is InChI=1S/C8H8O4.H4N2/c1-12-7-4-5(8(10)11)2-3-6(7)9;1-2/h2-4,9H,1H3,(H,10,11);1-2H2. The van der Waals surface area contributed by atoms with Gasteiger partial charge in [-0.15, -0.1) is 0 Å². The molecule has 6 heteroatoms. The zero-order valence-corrected chi connectivity index (χ0v) is 7.60. The number of benzene rings is 1. The number of phenolic OH excluding ortho intramolecular Hbond substituents is 1. The van der Waals surface area contributed by atoms with Crippen molar-refractivity contribution in [2.24, 2.45) is 11.7 Å². The van der Waals surface area contributed by atoms with Gasteiger partial charge in [-0.25, -0.2) is 4.79 Å². The average molecular weight is 200 g/mol. The predicted octanol–water partition coefficient (Wildman–Crippen LogP) is -0.0822. The number of aromatic carboxylic acids is 1. The summed E-state index contributed by atoms with van der Waals surface area (Å²) >= 11 is 0. The third-order valence-electron chi connectivity index (χ3n) is 1.43. The molecular weight excluding hydrogens is 188 g/mol. The summed E-state index contributed by atoms with van der Waals surface area (Å²) in [5, 5.41) is 17.7. The zero-order valence-electron chi connectivity index (χ0n) is 7.60. The van der Waals surface area contributed by atoms with E-state index in [0.29, 0.717) is 0 Å². The molecular formula is C8H12N2O4. The lowest BCUT2D eigenvalue weighted by Crippen LogP contribution is -2.02. The largest absolute Gasteiger partial charge is 0.504 e. The van der Waals surface area contributed by atoms with Gasteiger partial charge in [0.05, 0.1) is 12.7 Å². The van der Waals surface area contributed by atoms with Gasteiger partial charge in [0.1, 0.15) is 0 Å². The molecule has 0 radical (unpaired) electrons. The number of nitrogens with two attached hydrogens (primary N) is 2. The van der Waals surface area contributed by atoms with Gasteiger partial charge in [-0.2, -0.15) is 0 Å². The molecule has 1 aromatic carbocycles. The Morgan fingerprint density at radius 2 is 2.00 bits per heavy atom. The summed E-state index contributed by atoms with van der Waals surface area (Å²) in [6, 6.07) is 3.85. The Kier molecular flexibility index (Phi) is 5.05. The fraction of sp³-hybridized carbons (Fsp3) is 0.125. The number of hydrogen-bond acceptors (Lipinski definition) is 5. The Labute approximate surface area is 80.7 Å². The summed E-state index contributed by atoms with van der Waals surface area (Å²) in [7, 11) is 1.36. The average Bonchev–Trinajstić information content (AvgIpc) is 2.21. The molecule has 6 N–H and O–H groups in total. The summed E-state index contributed by atoms with van der Waals surface area (Å²) in [5.41, 5.74) is 0.0876. The highest BCUT2D eigenvalue weighted by Gasteiger charge is 2.06. The second-order valence-electron chi connectivity index (χ2n) is 2.19. The first-order chi connectivity index (χ1) is 6.65. The monoisotopic (exact) mass is 200 g/mol. The maximum absolute atomic E-state index is 10.4. The van der Waals surface area contributed by atoms with Crippen LogP contribution in [0, 0.1) is 0 Å². The summed E-state index contributed by atoms with van der Waals surface area (Å²) in [6.45, 7) is 0. The lowest BCUT2D eigenvalue weighted by Gasteiger charge is -2.02. The van der Waals surface area contributed by atoms with Crippen LogP contribution in [0.4, 0.5) is 0 Å². The minimum atomic E-state index is -1.05. The normalized spacial score (nSPS) is 8.50. The molecule has 0 amide bonds. The Morgan fingerprint density at radius 3 is 2.43 bits per heavy atom. The van der Waals surface area contributed by atoms with E-state index < -0.39 is 5.97 Å². The molecule has 0 spiro atoms. The van der Waals surface area contributed by atoms with Gasteiger partial charge >= 0.3 is 5.97 Å². The molecule has 0 fully saturated rings. The number of carboxylic acid groups (broad SMARTS) is 1. The van der Waals surface area contributed by atoms with Crippen LogP contribution in [-0.4, -0.2) is 23.3 Å². The van der Waals surface area contributed by atoms with Crippen LogP contribution in [0.5, 0.6) is 11.5 Å². The number of carboxylic acids is 1. The SMILES string of the molecule is COc1cc(C(=O)O)ccc1O.NN. The molecule has 0 atom stereocenters. The maximum atomic E-state index is 10.4. The summed E-state index contributed by atoms with van der Waals surface area (Å²) in [6.07, 6.45) is 0. The Balaban J connectivity index is 0.000000791. The number of aromatic hydroxyl groups is 1. The Morgan fingerprint density at radius 1 is 1.43 bits per heavy atom. The fourth-order valence-electron chi connectivity index (χ4n) is 0.811. The second kappa shape index (κ2) is 5.79. The van der Waals surface area contributed by atoms with Gasteiger partial charge in [0, 0.05) is 0 Å². The molecule has 0 saturated carbocycles. The van der Waals surface area contributed by atoms with Gasteiger partial charge in [-0.1, -0.05) is 0 Å². The minimum Gasteiger partial charge on any atom is -0.504 e. The van der Waals surface area contributed by atoms with Crippen LogP contribution in [0.3, 0.4) is 0 Å². The second-order valence-corrected chi connectivity index (χ2v) is 2.19. The molecule has 0 saturated heterocycles. The third kappa shape index (κ3) is 2.92. The van der Waals surface area contributed by atoms with E-state index in [1.165, 1.54) is 25.3 Å². The van der Waals surface area contributed by atoms with Crippen molar-refractivity contribution in [1.82, 2.24) is 0 Å². The van der Waals surface area contributed by atoms with Crippen LogP contribution >= 0.6 is 0 Å². The first-order valence-electron chi connectivity index (χ1n) is 3.59. The fourth-order valence-corrected chi connectivity index (χ4v) is 0.811. The van der Waals surface area contributed by atoms with Crippen molar-refractivity contribution in [3.05, 3.63) is 23.8 Å². The molecule has 78 valence electrons. The highest BCUT2D eigenvalue weighted by Crippen LogP contribution is 2.25. The van der Waals surface area contributed by atoms with E-state index in [0.717, 1.165) is 0 Å². The van der Waals surface area contributed by atoms with Crippen molar-refractivity contribution >= 4 is 5.97 Å². The lowest BCUT2D eigenvalue weighted by atomic mass is 10.2. The van der Waals surface area contributed by atoms with E-state index in [4.69, 9.17) is 14.9 Å². The van der Waals surface area contributed by atoms with Gasteiger partial charge in [0.25, 0.3) is 0 Å². The molecule has 14 heavy (non-hydrogen) atoms. The Hall–Kier alpha value is -1.79. The number of methoxy groups -OCH3 is 1. The first-order valence-corrected chi connectivity index (χ1v) is 3.59. The highest BCUT2D eigenvalue weighted by atomic mass is 16.5. The number of carbonyl (C=O) groups is 1. The Bertz CT molecular complexity index is 314. The summed E-state index contributed by atoms with van der Waals surface area (Å²) in [5.74, 6) is 7.05. The number of hydrazine groups is 1. The van der Waals surface area contributed by atoms with E-state index >= 15 is 0 Å². The van der Waals surface area contributed by atoms with Crippen LogP contribution < -0.4 is 16.4 Å². The van der Waals surface area contributed by atoms with Gasteiger partial charge in [0.15, 0.2) is 11.5 Å². The van der Waals surface area contributed by atoms with Crippen LogP contribution in [0.1, 0.15) is 10.4 Å². The van der Waals surface area contributed by atoms with E-state index in [2.05, 4.69) is 11.7 Å². The van der Waals surface area contributed by atoms with Gasteiger partial charge in [-0.3, -0.25) is 11.7 Å². The topological polar surface area (TPSA) is 119 Å². The van der Waals surface area contributed by atoms with Crippen molar-refractivity contribution in [3.63, 3.8) is 0 Å². The van der Waals surface area contributed by atoms with E-state index in [9.17, 15) is 4.79 Å². The van der Waals surface area contributed by atoms with E-state index in [1.54, 1.807) is 0 Å². The number of phenols is 1.